The third kappa shape index (κ3) is 5.75. The van der Waals surface area contributed by atoms with Gasteiger partial charge in [0, 0.05) is 39.9 Å². The van der Waals surface area contributed by atoms with Gasteiger partial charge in [0.15, 0.2) is 0 Å². The molecule has 0 aliphatic carbocycles. The number of carbonyl (C=O) groups is 1. The minimum absolute atomic E-state index is 0.288. The van der Waals surface area contributed by atoms with Crippen molar-refractivity contribution in [3.05, 3.63) is 0 Å². The van der Waals surface area contributed by atoms with Crippen LogP contribution in [-0.2, 0) is 9.53 Å². The first kappa shape index (κ1) is 14.8. The summed E-state index contributed by atoms with van der Waals surface area (Å²) in [4.78, 5) is 16.1. The molecular formula is C12H24N2O2S. The number of unbranched alkanes of at least 4 members (excludes halogenated alkanes) is 1. The lowest BCUT2D eigenvalue weighted by molar-refractivity contribution is -0.130. The maximum atomic E-state index is 11.7. The predicted octanol–water partition coefficient (Wildman–Crippen LogP) is 0.920. The molecule has 0 aromatic heterocycles. The molecule has 1 saturated heterocycles. The van der Waals surface area contributed by atoms with Crippen molar-refractivity contribution < 1.29 is 9.53 Å². The van der Waals surface area contributed by atoms with E-state index in [1.807, 2.05) is 11.2 Å². The van der Waals surface area contributed by atoms with E-state index in [1.54, 1.807) is 18.9 Å². The van der Waals surface area contributed by atoms with Gasteiger partial charge in [-0.1, -0.05) is 0 Å². The third-order valence-corrected chi connectivity index (χ3v) is 3.60. The number of piperazine rings is 1. The fourth-order valence-corrected chi connectivity index (χ4v) is 2.45. The molecule has 1 aliphatic rings. The van der Waals surface area contributed by atoms with Crippen molar-refractivity contribution in [3.8, 4) is 0 Å². The van der Waals surface area contributed by atoms with Gasteiger partial charge >= 0.3 is 0 Å². The molecule has 0 bridgehead atoms. The Morgan fingerprint density at radius 1 is 1.24 bits per heavy atom. The number of hydrogen-bond acceptors (Lipinski definition) is 4. The SMILES string of the molecule is COCCCCN1CCN(C(=O)CSC)CC1. The highest BCUT2D eigenvalue weighted by atomic mass is 32.2. The van der Waals surface area contributed by atoms with Gasteiger partial charge in [0.05, 0.1) is 5.75 Å². The van der Waals surface area contributed by atoms with Gasteiger partial charge in [-0.15, -0.1) is 0 Å². The Morgan fingerprint density at radius 2 is 1.94 bits per heavy atom. The summed E-state index contributed by atoms with van der Waals surface area (Å²) in [7, 11) is 1.75. The van der Waals surface area contributed by atoms with Crippen LogP contribution < -0.4 is 0 Å². The van der Waals surface area contributed by atoms with Crippen molar-refractivity contribution in [1.82, 2.24) is 9.80 Å². The molecule has 1 fully saturated rings. The molecule has 0 aromatic rings. The second kappa shape index (κ2) is 8.78. The van der Waals surface area contributed by atoms with Gasteiger partial charge in [-0.3, -0.25) is 9.69 Å². The maximum Gasteiger partial charge on any atom is 0.232 e. The lowest BCUT2D eigenvalue weighted by Gasteiger charge is -2.34. The van der Waals surface area contributed by atoms with E-state index in [9.17, 15) is 4.79 Å². The molecule has 1 rings (SSSR count). The molecule has 5 heteroatoms. The van der Waals surface area contributed by atoms with E-state index in [-0.39, 0.29) is 5.91 Å². The van der Waals surface area contributed by atoms with Gasteiger partial charge in [0.1, 0.15) is 0 Å². The normalized spacial score (nSPS) is 17.4. The monoisotopic (exact) mass is 260 g/mol. The number of hydrogen-bond donors (Lipinski definition) is 0. The Bertz CT molecular complexity index is 219. The molecule has 0 aromatic carbocycles. The van der Waals surface area contributed by atoms with Gasteiger partial charge < -0.3 is 9.64 Å². The Morgan fingerprint density at radius 3 is 2.53 bits per heavy atom. The second-order valence-electron chi connectivity index (χ2n) is 4.36. The van der Waals surface area contributed by atoms with E-state index >= 15 is 0 Å². The first-order valence-corrected chi connectivity index (χ1v) is 7.65. The molecule has 4 nitrogen and oxygen atoms in total. The number of methoxy groups -OCH3 is 1. The molecular weight excluding hydrogens is 236 g/mol. The van der Waals surface area contributed by atoms with E-state index in [4.69, 9.17) is 4.74 Å². The minimum atomic E-state index is 0.288. The highest BCUT2D eigenvalue weighted by Gasteiger charge is 2.19. The standard InChI is InChI=1S/C12H24N2O2S/c1-16-10-4-3-5-13-6-8-14(9-7-13)12(15)11-17-2/h3-11H2,1-2H3. The summed E-state index contributed by atoms with van der Waals surface area (Å²) in [6, 6.07) is 0. The van der Waals surface area contributed by atoms with Crippen LogP contribution in [0.25, 0.3) is 0 Å². The zero-order valence-electron chi connectivity index (χ0n) is 11.0. The van der Waals surface area contributed by atoms with Crippen molar-refractivity contribution in [2.24, 2.45) is 0 Å². The maximum absolute atomic E-state index is 11.7. The molecule has 0 N–H and O–H groups in total. The largest absolute Gasteiger partial charge is 0.385 e. The van der Waals surface area contributed by atoms with Crippen LogP contribution >= 0.6 is 11.8 Å². The van der Waals surface area contributed by atoms with Crippen molar-refractivity contribution in [3.63, 3.8) is 0 Å². The molecule has 0 atom stereocenters. The molecule has 0 saturated carbocycles. The van der Waals surface area contributed by atoms with Crippen LogP contribution in [0, 0.1) is 0 Å². The zero-order valence-corrected chi connectivity index (χ0v) is 11.8. The number of rotatable bonds is 7. The second-order valence-corrected chi connectivity index (χ2v) is 5.22. The predicted molar refractivity (Wildman–Crippen MR) is 72.5 cm³/mol. The first-order valence-electron chi connectivity index (χ1n) is 6.26. The zero-order chi connectivity index (χ0) is 12.5. The van der Waals surface area contributed by atoms with Crippen LogP contribution in [-0.4, -0.2) is 74.2 Å². The van der Waals surface area contributed by atoms with Gasteiger partial charge in [-0.25, -0.2) is 0 Å². The number of carbonyl (C=O) groups excluding carboxylic acids is 1. The average Bonchev–Trinajstić information content (AvgIpc) is 2.36. The van der Waals surface area contributed by atoms with E-state index in [1.165, 1.54) is 6.42 Å². The molecule has 100 valence electrons. The van der Waals surface area contributed by atoms with Crippen LogP contribution in [0.15, 0.2) is 0 Å². The number of amides is 1. The van der Waals surface area contributed by atoms with Crippen molar-refractivity contribution in [2.75, 3.05) is 58.4 Å². The third-order valence-electron chi connectivity index (χ3n) is 3.07. The van der Waals surface area contributed by atoms with Crippen molar-refractivity contribution in [2.45, 2.75) is 12.8 Å². The van der Waals surface area contributed by atoms with E-state index in [0.29, 0.717) is 5.75 Å². The summed E-state index contributed by atoms with van der Waals surface area (Å²) >= 11 is 1.60. The molecule has 0 spiro atoms. The van der Waals surface area contributed by atoms with Crippen LogP contribution in [0.1, 0.15) is 12.8 Å². The van der Waals surface area contributed by atoms with E-state index in [2.05, 4.69) is 4.90 Å². The van der Waals surface area contributed by atoms with Gasteiger partial charge in [-0.2, -0.15) is 11.8 Å². The van der Waals surface area contributed by atoms with E-state index < -0.39 is 0 Å². The Labute approximate surface area is 109 Å². The summed E-state index contributed by atoms with van der Waals surface area (Å²) in [6.07, 6.45) is 4.29. The van der Waals surface area contributed by atoms with E-state index in [0.717, 1.165) is 45.8 Å². The molecule has 1 aliphatic heterocycles. The van der Waals surface area contributed by atoms with Crippen LogP contribution in [0.4, 0.5) is 0 Å². The fourth-order valence-electron chi connectivity index (χ4n) is 2.02. The molecule has 1 heterocycles. The number of thioether (sulfide) groups is 1. The smallest absolute Gasteiger partial charge is 0.232 e. The molecule has 1 amide bonds. The molecule has 17 heavy (non-hydrogen) atoms. The Balaban J connectivity index is 2.11. The summed E-state index contributed by atoms with van der Waals surface area (Å²) in [5, 5.41) is 0. The van der Waals surface area contributed by atoms with Crippen molar-refractivity contribution in [1.29, 1.82) is 0 Å². The number of nitrogens with zero attached hydrogens (tertiary/aromatic N) is 2. The van der Waals surface area contributed by atoms with Gasteiger partial charge in [0.2, 0.25) is 5.91 Å². The summed E-state index contributed by atoms with van der Waals surface area (Å²) < 4.78 is 5.03. The summed E-state index contributed by atoms with van der Waals surface area (Å²) in [5.74, 6) is 0.907. The van der Waals surface area contributed by atoms with Gasteiger partial charge in [-0.05, 0) is 25.6 Å². The highest BCUT2D eigenvalue weighted by molar-refractivity contribution is 7.99. The van der Waals surface area contributed by atoms with Crippen LogP contribution in [0.3, 0.4) is 0 Å². The Hall–Kier alpha value is -0.260. The molecule has 0 radical (unpaired) electrons. The quantitative estimate of drug-likeness (QED) is 0.637. The van der Waals surface area contributed by atoms with Crippen LogP contribution in [0.2, 0.25) is 0 Å². The first-order chi connectivity index (χ1) is 8.27. The lowest BCUT2D eigenvalue weighted by Crippen LogP contribution is -2.49. The van der Waals surface area contributed by atoms with Crippen LogP contribution in [0.5, 0.6) is 0 Å². The van der Waals surface area contributed by atoms with Crippen molar-refractivity contribution >= 4 is 17.7 Å². The summed E-state index contributed by atoms with van der Waals surface area (Å²) in [5.41, 5.74) is 0. The lowest BCUT2D eigenvalue weighted by atomic mass is 10.2. The fraction of sp³-hybridized carbons (Fsp3) is 0.917. The summed E-state index contributed by atoms with van der Waals surface area (Å²) in [6.45, 7) is 5.81. The minimum Gasteiger partial charge on any atom is -0.385 e. The number of ether oxygens (including phenoxy) is 1. The topological polar surface area (TPSA) is 32.8 Å². The highest BCUT2D eigenvalue weighted by Crippen LogP contribution is 2.06. The van der Waals surface area contributed by atoms with Gasteiger partial charge in [0.25, 0.3) is 0 Å². The molecule has 0 unspecified atom stereocenters. The average molecular weight is 260 g/mol. The Kier molecular flexibility index (Phi) is 7.64.